The molecule has 1 amide bonds. The third kappa shape index (κ3) is 2.73. The Morgan fingerprint density at radius 2 is 1.89 bits per heavy atom. The zero-order valence-corrected chi connectivity index (χ0v) is 11.1. The first-order valence-corrected chi connectivity index (χ1v) is 6.55. The number of nitrogens with zero attached hydrogens (tertiary/aromatic N) is 1. The van der Waals surface area contributed by atoms with E-state index in [9.17, 15) is 4.79 Å². The number of benzene rings is 1. The van der Waals surface area contributed by atoms with Gasteiger partial charge in [0.05, 0.1) is 0 Å². The summed E-state index contributed by atoms with van der Waals surface area (Å²) in [5, 5.41) is 0. The van der Waals surface area contributed by atoms with Crippen LogP contribution in [0.5, 0.6) is 0 Å². The molecule has 1 aromatic rings. The second-order valence-corrected chi connectivity index (χ2v) is 4.66. The molecule has 94 valence electrons. The van der Waals surface area contributed by atoms with Gasteiger partial charge in [-0.25, -0.2) is 0 Å². The molecule has 0 bridgehead atoms. The number of aryl methyl sites for hydroxylation is 2. The Kier molecular flexibility index (Phi) is 4.04. The third-order valence-electron chi connectivity index (χ3n) is 3.44. The second-order valence-electron chi connectivity index (χ2n) is 4.66. The Morgan fingerprint density at radius 1 is 1.22 bits per heavy atom. The summed E-state index contributed by atoms with van der Waals surface area (Å²) in [5.41, 5.74) is 3.44. The Hall–Kier alpha value is -1.75. The van der Waals surface area contributed by atoms with E-state index in [1.165, 1.54) is 11.1 Å². The van der Waals surface area contributed by atoms with E-state index in [4.69, 9.17) is 0 Å². The number of hydrogen-bond donors (Lipinski definition) is 0. The van der Waals surface area contributed by atoms with Crippen molar-refractivity contribution >= 4 is 5.91 Å². The van der Waals surface area contributed by atoms with Gasteiger partial charge in [-0.1, -0.05) is 6.07 Å². The van der Waals surface area contributed by atoms with Crippen molar-refractivity contribution in [2.45, 2.75) is 32.6 Å². The first-order valence-electron chi connectivity index (χ1n) is 6.55. The summed E-state index contributed by atoms with van der Waals surface area (Å²) >= 11 is 0. The Balaban J connectivity index is 2.27. The first-order chi connectivity index (χ1) is 8.72. The molecule has 0 unspecified atom stereocenters. The number of carbonyl (C=O) groups is 1. The van der Waals surface area contributed by atoms with Gasteiger partial charge in [-0.2, -0.15) is 0 Å². The highest BCUT2D eigenvalue weighted by molar-refractivity contribution is 5.94. The third-order valence-corrected chi connectivity index (χ3v) is 3.44. The number of carbonyl (C=O) groups excluding carboxylic acids is 1. The molecule has 0 radical (unpaired) electrons. The molecular weight excluding hydrogens is 222 g/mol. The van der Waals surface area contributed by atoms with Crippen LogP contribution in [0.1, 0.15) is 41.3 Å². The van der Waals surface area contributed by atoms with E-state index in [2.05, 4.69) is 24.0 Å². The lowest BCUT2D eigenvalue weighted by molar-refractivity contribution is 0.0802. The molecule has 2 nitrogen and oxygen atoms in total. The molecule has 0 atom stereocenters. The molecule has 0 fully saturated rings. The average Bonchev–Trinajstić information content (AvgIpc) is 2.37. The molecule has 0 spiro atoms. The quantitative estimate of drug-likeness (QED) is 0.729. The molecule has 2 heteroatoms. The molecular formula is C16H19NO. The van der Waals surface area contributed by atoms with E-state index >= 15 is 0 Å². The van der Waals surface area contributed by atoms with E-state index in [0.717, 1.165) is 37.8 Å². The van der Waals surface area contributed by atoms with Gasteiger partial charge in [0.2, 0.25) is 0 Å². The van der Waals surface area contributed by atoms with Crippen molar-refractivity contribution in [3.8, 4) is 11.8 Å². The van der Waals surface area contributed by atoms with Gasteiger partial charge in [-0.05, 0) is 43.0 Å². The van der Waals surface area contributed by atoms with Gasteiger partial charge in [-0.15, -0.1) is 11.8 Å². The van der Waals surface area contributed by atoms with Crippen LogP contribution in [0, 0.1) is 11.8 Å². The maximum absolute atomic E-state index is 12.1. The molecule has 0 N–H and O–H groups in total. The highest BCUT2D eigenvalue weighted by atomic mass is 16.2. The lowest BCUT2D eigenvalue weighted by atomic mass is 9.95. The van der Waals surface area contributed by atoms with E-state index in [0.29, 0.717) is 0 Å². The van der Waals surface area contributed by atoms with Crippen molar-refractivity contribution < 1.29 is 4.79 Å². The van der Waals surface area contributed by atoms with Gasteiger partial charge in [0.25, 0.3) is 5.91 Å². The molecule has 0 aromatic heterocycles. The van der Waals surface area contributed by atoms with Gasteiger partial charge < -0.3 is 4.90 Å². The number of amides is 1. The number of fused-ring (bicyclic) bond motifs is 1. The van der Waals surface area contributed by atoms with Crippen molar-refractivity contribution in [2.24, 2.45) is 0 Å². The van der Waals surface area contributed by atoms with Crippen LogP contribution in [-0.4, -0.2) is 24.4 Å². The molecule has 0 heterocycles. The topological polar surface area (TPSA) is 20.3 Å². The zero-order chi connectivity index (χ0) is 13.0. The maximum atomic E-state index is 12.1. The van der Waals surface area contributed by atoms with Crippen LogP contribution in [-0.2, 0) is 12.8 Å². The van der Waals surface area contributed by atoms with Crippen molar-refractivity contribution in [3.05, 3.63) is 34.9 Å². The van der Waals surface area contributed by atoms with Gasteiger partial charge in [0.15, 0.2) is 0 Å². The van der Waals surface area contributed by atoms with Crippen LogP contribution in [0.2, 0.25) is 0 Å². The van der Waals surface area contributed by atoms with Crippen LogP contribution in [0.3, 0.4) is 0 Å². The molecule has 2 rings (SSSR count). The van der Waals surface area contributed by atoms with E-state index < -0.39 is 0 Å². The molecule has 0 aliphatic heterocycles. The summed E-state index contributed by atoms with van der Waals surface area (Å²) in [5.74, 6) is 6.44. The van der Waals surface area contributed by atoms with Crippen LogP contribution < -0.4 is 0 Å². The number of hydrogen-bond acceptors (Lipinski definition) is 1. The second kappa shape index (κ2) is 5.73. The number of rotatable bonds is 2. The standard InChI is InChI=1S/C16H19NO/c1-3-17(2)16(18)15-11-10-13-8-6-4-5-7-9-14(13)12-15/h10-12H,3,6-9H2,1-2H3. The van der Waals surface area contributed by atoms with Gasteiger partial charge in [0.1, 0.15) is 0 Å². The SMILES string of the molecule is CCN(C)C(=O)c1ccc2c(c1)CCC#CCC2. The molecule has 1 aliphatic rings. The lowest BCUT2D eigenvalue weighted by Gasteiger charge is -2.16. The summed E-state index contributed by atoms with van der Waals surface area (Å²) in [4.78, 5) is 13.9. The van der Waals surface area contributed by atoms with Gasteiger partial charge in [0, 0.05) is 32.0 Å². The van der Waals surface area contributed by atoms with Gasteiger partial charge in [-0.3, -0.25) is 4.79 Å². The Morgan fingerprint density at radius 3 is 2.56 bits per heavy atom. The highest BCUT2D eigenvalue weighted by Gasteiger charge is 2.12. The van der Waals surface area contributed by atoms with Crippen molar-refractivity contribution in [1.82, 2.24) is 4.90 Å². The van der Waals surface area contributed by atoms with Crippen LogP contribution in [0.25, 0.3) is 0 Å². The Labute approximate surface area is 109 Å². The normalized spacial score (nSPS) is 13.7. The van der Waals surface area contributed by atoms with Crippen molar-refractivity contribution in [1.29, 1.82) is 0 Å². The summed E-state index contributed by atoms with van der Waals surface area (Å²) in [6.45, 7) is 2.72. The maximum Gasteiger partial charge on any atom is 0.253 e. The molecule has 1 aliphatic carbocycles. The monoisotopic (exact) mass is 241 g/mol. The minimum absolute atomic E-state index is 0.105. The fourth-order valence-corrected chi connectivity index (χ4v) is 2.17. The van der Waals surface area contributed by atoms with E-state index in [1.807, 2.05) is 20.0 Å². The van der Waals surface area contributed by atoms with Gasteiger partial charge >= 0.3 is 0 Å². The van der Waals surface area contributed by atoms with Crippen LogP contribution in [0.4, 0.5) is 0 Å². The summed E-state index contributed by atoms with van der Waals surface area (Å²) < 4.78 is 0. The largest absolute Gasteiger partial charge is 0.342 e. The molecule has 1 aromatic carbocycles. The van der Waals surface area contributed by atoms with E-state index in [-0.39, 0.29) is 5.91 Å². The first kappa shape index (κ1) is 12.7. The van der Waals surface area contributed by atoms with Crippen molar-refractivity contribution in [3.63, 3.8) is 0 Å². The predicted octanol–water partition coefficient (Wildman–Crippen LogP) is 2.66. The summed E-state index contributed by atoms with van der Waals surface area (Å²) in [7, 11) is 1.84. The Bertz CT molecular complexity index is 508. The molecule has 0 saturated heterocycles. The highest BCUT2D eigenvalue weighted by Crippen LogP contribution is 2.18. The summed E-state index contributed by atoms with van der Waals surface area (Å²) in [6, 6.07) is 6.10. The van der Waals surface area contributed by atoms with E-state index in [1.54, 1.807) is 4.90 Å². The minimum atomic E-state index is 0.105. The summed E-state index contributed by atoms with van der Waals surface area (Å²) in [6.07, 6.45) is 3.78. The fourth-order valence-electron chi connectivity index (χ4n) is 2.17. The molecule has 0 saturated carbocycles. The molecule has 18 heavy (non-hydrogen) atoms. The lowest BCUT2D eigenvalue weighted by Crippen LogP contribution is -2.26. The zero-order valence-electron chi connectivity index (χ0n) is 11.1. The van der Waals surface area contributed by atoms with Crippen molar-refractivity contribution in [2.75, 3.05) is 13.6 Å². The van der Waals surface area contributed by atoms with Crippen LogP contribution in [0.15, 0.2) is 18.2 Å². The smallest absolute Gasteiger partial charge is 0.253 e. The minimum Gasteiger partial charge on any atom is -0.342 e. The predicted molar refractivity (Wildman–Crippen MR) is 73.5 cm³/mol. The van der Waals surface area contributed by atoms with Crippen LogP contribution >= 0.6 is 0 Å². The fraction of sp³-hybridized carbons (Fsp3) is 0.438. The average molecular weight is 241 g/mol.